The summed E-state index contributed by atoms with van der Waals surface area (Å²) in [5, 5.41) is 20.2. The second-order valence-corrected chi connectivity index (χ2v) is 6.39. The first-order valence-corrected chi connectivity index (χ1v) is 8.71. The maximum Gasteiger partial charge on any atom is 0.251 e. The van der Waals surface area contributed by atoms with Crippen molar-refractivity contribution in [1.82, 2.24) is 20.4 Å². The van der Waals surface area contributed by atoms with Crippen molar-refractivity contribution < 1.29 is 14.3 Å². The highest BCUT2D eigenvalue weighted by atomic mass is 16.4. The molecule has 0 radical (unpaired) electrons. The molecule has 1 aliphatic heterocycles. The second-order valence-electron chi connectivity index (χ2n) is 6.39. The molecule has 1 fully saturated rings. The van der Waals surface area contributed by atoms with Gasteiger partial charge in [-0.15, -0.1) is 10.2 Å². The lowest BCUT2D eigenvalue weighted by molar-refractivity contribution is 0.0816. The van der Waals surface area contributed by atoms with Gasteiger partial charge in [0.05, 0.1) is 6.10 Å². The van der Waals surface area contributed by atoms with Gasteiger partial charge in [0.25, 0.3) is 5.91 Å². The standard InChI is InChI=1S/C18H24N4O3/c1-13-20-21-18(25-13)15-5-3-14(4-6-15)17(24)19-9-2-10-22-11-7-16(23)8-12-22/h3-6,16,23H,2,7-12H2,1H3,(H,19,24). The van der Waals surface area contributed by atoms with Gasteiger partial charge in [-0.1, -0.05) is 0 Å². The van der Waals surface area contributed by atoms with E-state index in [9.17, 15) is 9.90 Å². The minimum Gasteiger partial charge on any atom is -0.421 e. The molecule has 0 spiro atoms. The summed E-state index contributed by atoms with van der Waals surface area (Å²) in [6, 6.07) is 7.13. The molecule has 2 N–H and O–H groups in total. The monoisotopic (exact) mass is 344 g/mol. The Hall–Kier alpha value is -2.25. The van der Waals surface area contributed by atoms with Gasteiger partial charge in [-0.3, -0.25) is 4.79 Å². The normalized spacial score (nSPS) is 16.1. The molecule has 1 amide bonds. The van der Waals surface area contributed by atoms with Gasteiger partial charge >= 0.3 is 0 Å². The van der Waals surface area contributed by atoms with Crippen LogP contribution in [-0.4, -0.2) is 58.4 Å². The fourth-order valence-electron chi connectivity index (χ4n) is 2.93. The fraction of sp³-hybridized carbons (Fsp3) is 0.500. The first-order valence-electron chi connectivity index (χ1n) is 8.71. The molecule has 0 aliphatic carbocycles. The number of hydrogen-bond acceptors (Lipinski definition) is 6. The number of rotatable bonds is 6. The molecule has 0 saturated carbocycles. The SMILES string of the molecule is Cc1nnc(-c2ccc(C(=O)NCCCN3CCC(O)CC3)cc2)o1. The number of amides is 1. The molecule has 2 aromatic rings. The minimum atomic E-state index is -0.144. The van der Waals surface area contributed by atoms with E-state index < -0.39 is 0 Å². The van der Waals surface area contributed by atoms with Crippen molar-refractivity contribution >= 4 is 5.91 Å². The van der Waals surface area contributed by atoms with Gasteiger partial charge in [-0.05, 0) is 50.1 Å². The summed E-state index contributed by atoms with van der Waals surface area (Å²) in [6.07, 6.45) is 2.45. The quantitative estimate of drug-likeness (QED) is 0.774. The number of nitrogens with zero attached hydrogens (tertiary/aromatic N) is 3. The number of aliphatic hydroxyl groups excluding tert-OH is 1. The van der Waals surface area contributed by atoms with Crippen molar-refractivity contribution in [2.75, 3.05) is 26.2 Å². The van der Waals surface area contributed by atoms with Crippen LogP contribution in [0.1, 0.15) is 35.5 Å². The Morgan fingerprint density at radius 3 is 2.64 bits per heavy atom. The Labute approximate surface area is 147 Å². The predicted octanol–water partition coefficient (Wildman–Crippen LogP) is 1.62. The van der Waals surface area contributed by atoms with Crippen molar-refractivity contribution in [2.45, 2.75) is 32.3 Å². The van der Waals surface area contributed by atoms with Crippen LogP contribution in [0.15, 0.2) is 28.7 Å². The summed E-state index contributed by atoms with van der Waals surface area (Å²) in [5.74, 6) is 0.887. The van der Waals surface area contributed by atoms with Crippen LogP contribution in [0, 0.1) is 6.92 Å². The molecular formula is C18H24N4O3. The molecule has 1 aliphatic rings. The Morgan fingerprint density at radius 1 is 1.28 bits per heavy atom. The molecule has 25 heavy (non-hydrogen) atoms. The van der Waals surface area contributed by atoms with Crippen LogP contribution in [-0.2, 0) is 0 Å². The van der Waals surface area contributed by atoms with Crippen molar-refractivity contribution in [3.8, 4) is 11.5 Å². The highest BCUT2D eigenvalue weighted by Gasteiger charge is 2.16. The number of carbonyl (C=O) groups is 1. The summed E-state index contributed by atoms with van der Waals surface area (Å²) in [4.78, 5) is 14.5. The third-order valence-electron chi connectivity index (χ3n) is 4.41. The molecule has 3 rings (SSSR count). The van der Waals surface area contributed by atoms with Crippen molar-refractivity contribution in [1.29, 1.82) is 0 Å². The van der Waals surface area contributed by atoms with E-state index in [4.69, 9.17) is 4.42 Å². The van der Waals surface area contributed by atoms with Crippen LogP contribution in [0.2, 0.25) is 0 Å². The molecule has 0 bridgehead atoms. The van der Waals surface area contributed by atoms with Gasteiger partial charge in [0, 0.05) is 37.7 Å². The fourth-order valence-corrected chi connectivity index (χ4v) is 2.93. The maximum atomic E-state index is 12.2. The molecule has 134 valence electrons. The number of benzene rings is 1. The number of aromatic nitrogens is 2. The molecule has 7 nitrogen and oxygen atoms in total. The first kappa shape index (κ1) is 17.6. The minimum absolute atomic E-state index is 0.0812. The van der Waals surface area contributed by atoms with Gasteiger partial charge in [0.1, 0.15) is 0 Å². The number of aliphatic hydroxyl groups is 1. The molecule has 7 heteroatoms. The lowest BCUT2D eigenvalue weighted by Gasteiger charge is -2.29. The van der Waals surface area contributed by atoms with Crippen LogP contribution < -0.4 is 5.32 Å². The summed E-state index contributed by atoms with van der Waals surface area (Å²) >= 11 is 0. The maximum absolute atomic E-state index is 12.2. The summed E-state index contributed by atoms with van der Waals surface area (Å²) in [5.41, 5.74) is 1.41. The first-order chi connectivity index (χ1) is 12.1. The highest BCUT2D eigenvalue weighted by molar-refractivity contribution is 5.94. The third-order valence-corrected chi connectivity index (χ3v) is 4.41. The molecule has 1 aromatic carbocycles. The molecule has 0 atom stereocenters. The second kappa shape index (κ2) is 8.22. The molecule has 2 heterocycles. The van der Waals surface area contributed by atoms with Crippen LogP contribution in [0.4, 0.5) is 0 Å². The van der Waals surface area contributed by atoms with Crippen LogP contribution in [0.25, 0.3) is 11.5 Å². The van der Waals surface area contributed by atoms with E-state index in [1.54, 1.807) is 31.2 Å². The summed E-state index contributed by atoms with van der Waals surface area (Å²) < 4.78 is 5.37. The highest BCUT2D eigenvalue weighted by Crippen LogP contribution is 2.18. The Morgan fingerprint density at radius 2 is 2.00 bits per heavy atom. The average molecular weight is 344 g/mol. The van der Waals surface area contributed by atoms with Crippen molar-refractivity contribution in [3.05, 3.63) is 35.7 Å². The molecule has 0 unspecified atom stereocenters. The number of carbonyl (C=O) groups excluding carboxylic acids is 1. The average Bonchev–Trinajstić information content (AvgIpc) is 3.06. The van der Waals surface area contributed by atoms with Gasteiger partial charge in [0.15, 0.2) is 0 Å². The summed E-state index contributed by atoms with van der Waals surface area (Å²) in [6.45, 7) is 5.20. The van der Waals surface area contributed by atoms with Gasteiger partial charge in [0.2, 0.25) is 11.8 Å². The summed E-state index contributed by atoms with van der Waals surface area (Å²) in [7, 11) is 0. The van der Waals surface area contributed by atoms with E-state index in [1.165, 1.54) is 0 Å². The Kier molecular flexibility index (Phi) is 5.78. The van der Waals surface area contributed by atoms with E-state index in [0.717, 1.165) is 44.5 Å². The topological polar surface area (TPSA) is 91.5 Å². The van der Waals surface area contributed by atoms with E-state index in [2.05, 4.69) is 20.4 Å². The Balaban J connectivity index is 1.42. The number of nitrogens with one attached hydrogen (secondary N) is 1. The molecule has 1 saturated heterocycles. The van der Waals surface area contributed by atoms with Crippen molar-refractivity contribution in [2.24, 2.45) is 0 Å². The van der Waals surface area contributed by atoms with Crippen LogP contribution >= 0.6 is 0 Å². The van der Waals surface area contributed by atoms with Gasteiger partial charge in [-0.25, -0.2) is 0 Å². The number of hydrogen-bond donors (Lipinski definition) is 2. The molecular weight excluding hydrogens is 320 g/mol. The lowest BCUT2D eigenvalue weighted by Crippen LogP contribution is -2.37. The number of likely N-dealkylation sites (tertiary alicyclic amines) is 1. The number of aryl methyl sites for hydroxylation is 1. The van der Waals surface area contributed by atoms with Crippen LogP contribution in [0.3, 0.4) is 0 Å². The zero-order valence-corrected chi connectivity index (χ0v) is 14.4. The zero-order chi connectivity index (χ0) is 17.6. The van der Waals surface area contributed by atoms with Gasteiger partial charge in [-0.2, -0.15) is 0 Å². The third kappa shape index (κ3) is 4.87. The van der Waals surface area contributed by atoms with Crippen molar-refractivity contribution in [3.63, 3.8) is 0 Å². The largest absolute Gasteiger partial charge is 0.421 e. The van der Waals surface area contributed by atoms with E-state index in [-0.39, 0.29) is 12.0 Å². The predicted molar refractivity (Wildman–Crippen MR) is 93.1 cm³/mol. The van der Waals surface area contributed by atoms with Crippen LogP contribution in [0.5, 0.6) is 0 Å². The van der Waals surface area contributed by atoms with Gasteiger partial charge < -0.3 is 19.7 Å². The Bertz CT molecular complexity index is 691. The number of piperidine rings is 1. The molecule has 1 aromatic heterocycles. The van der Waals surface area contributed by atoms with E-state index in [0.29, 0.717) is 23.9 Å². The van der Waals surface area contributed by atoms with E-state index in [1.807, 2.05) is 0 Å². The zero-order valence-electron chi connectivity index (χ0n) is 14.4. The lowest BCUT2D eigenvalue weighted by atomic mass is 10.1. The van der Waals surface area contributed by atoms with E-state index >= 15 is 0 Å². The smallest absolute Gasteiger partial charge is 0.251 e.